The van der Waals surface area contributed by atoms with E-state index in [4.69, 9.17) is 11.6 Å². The van der Waals surface area contributed by atoms with Crippen LogP contribution in [0.5, 0.6) is 0 Å². The van der Waals surface area contributed by atoms with E-state index in [1.807, 2.05) is 17.0 Å². The van der Waals surface area contributed by atoms with Crippen molar-refractivity contribution < 1.29 is 4.79 Å². The van der Waals surface area contributed by atoms with Crippen LogP contribution in [0.4, 0.5) is 0 Å². The van der Waals surface area contributed by atoms with E-state index in [1.165, 1.54) is 0 Å². The fraction of sp³-hybridized carbons (Fsp3) is 0.562. The molecule has 5 heteroatoms. The van der Waals surface area contributed by atoms with Gasteiger partial charge in [0.25, 0.3) is 5.91 Å². The Morgan fingerprint density at radius 3 is 2.43 bits per heavy atom. The summed E-state index contributed by atoms with van der Waals surface area (Å²) in [6, 6.07) is 7.71. The Bertz CT molecular complexity index is 497. The maximum Gasteiger partial charge on any atom is 0.253 e. The van der Waals surface area contributed by atoms with Gasteiger partial charge in [-0.1, -0.05) is 11.6 Å². The minimum atomic E-state index is 0.128. The van der Waals surface area contributed by atoms with Crippen molar-refractivity contribution >= 4 is 17.5 Å². The van der Waals surface area contributed by atoms with Crippen LogP contribution in [0.3, 0.4) is 0 Å². The highest BCUT2D eigenvalue weighted by atomic mass is 35.5. The Hall–Kier alpha value is -1.10. The van der Waals surface area contributed by atoms with Crippen LogP contribution in [0.25, 0.3) is 0 Å². The zero-order valence-electron chi connectivity index (χ0n) is 12.5. The highest BCUT2D eigenvalue weighted by molar-refractivity contribution is 6.30. The first-order valence-electron chi connectivity index (χ1n) is 7.61. The molecule has 0 aromatic heterocycles. The summed E-state index contributed by atoms with van der Waals surface area (Å²) < 4.78 is 0. The lowest BCUT2D eigenvalue weighted by Crippen LogP contribution is -2.50. The van der Waals surface area contributed by atoms with Gasteiger partial charge in [0.05, 0.1) is 0 Å². The van der Waals surface area contributed by atoms with Gasteiger partial charge < -0.3 is 9.80 Å². The molecule has 114 valence electrons. The second kappa shape index (κ2) is 6.34. The van der Waals surface area contributed by atoms with E-state index in [-0.39, 0.29) is 5.91 Å². The summed E-state index contributed by atoms with van der Waals surface area (Å²) in [5.41, 5.74) is 0.735. The van der Waals surface area contributed by atoms with Crippen LogP contribution in [0, 0.1) is 0 Å². The number of nitrogens with zero attached hydrogens (tertiary/aromatic N) is 3. The molecule has 1 aromatic rings. The minimum Gasteiger partial charge on any atom is -0.337 e. The first-order chi connectivity index (χ1) is 10.1. The fourth-order valence-corrected chi connectivity index (χ4v) is 3.31. The van der Waals surface area contributed by atoms with Crippen LogP contribution in [0.1, 0.15) is 16.8 Å². The van der Waals surface area contributed by atoms with Gasteiger partial charge in [-0.2, -0.15) is 0 Å². The van der Waals surface area contributed by atoms with Crippen molar-refractivity contribution in [2.45, 2.75) is 12.5 Å². The number of carbonyl (C=O) groups is 1. The summed E-state index contributed by atoms with van der Waals surface area (Å²) in [5.74, 6) is 0.128. The third-order valence-corrected chi connectivity index (χ3v) is 4.85. The lowest BCUT2D eigenvalue weighted by molar-refractivity contribution is 0.0755. The first-order valence-corrected chi connectivity index (χ1v) is 7.99. The SMILES string of the molecule is CN1CCN(C2CCN(C(=O)c3ccc(Cl)cc3)C2)CC1. The van der Waals surface area contributed by atoms with Crippen LogP contribution >= 0.6 is 11.6 Å². The molecule has 1 aromatic carbocycles. The summed E-state index contributed by atoms with van der Waals surface area (Å²) in [6.45, 7) is 6.20. The first kappa shape index (κ1) is 14.8. The van der Waals surface area contributed by atoms with Gasteiger partial charge in [-0.25, -0.2) is 0 Å². The van der Waals surface area contributed by atoms with Gasteiger partial charge in [0.1, 0.15) is 0 Å². The van der Waals surface area contributed by atoms with Crippen molar-refractivity contribution in [3.8, 4) is 0 Å². The molecule has 0 saturated carbocycles. The van der Waals surface area contributed by atoms with E-state index in [2.05, 4.69) is 16.8 Å². The van der Waals surface area contributed by atoms with Crippen LogP contribution < -0.4 is 0 Å². The largest absolute Gasteiger partial charge is 0.337 e. The average Bonchev–Trinajstić information content (AvgIpc) is 2.98. The fourth-order valence-electron chi connectivity index (χ4n) is 3.19. The number of benzene rings is 1. The summed E-state index contributed by atoms with van der Waals surface area (Å²) >= 11 is 5.88. The molecule has 2 aliphatic heterocycles. The van der Waals surface area contributed by atoms with Crippen molar-refractivity contribution in [3.05, 3.63) is 34.9 Å². The lowest BCUT2D eigenvalue weighted by Gasteiger charge is -2.36. The number of hydrogen-bond donors (Lipinski definition) is 0. The Morgan fingerprint density at radius 1 is 1.10 bits per heavy atom. The molecule has 3 rings (SSSR count). The van der Waals surface area contributed by atoms with E-state index in [9.17, 15) is 4.79 Å². The van der Waals surface area contributed by atoms with Crippen LogP contribution in [-0.2, 0) is 0 Å². The van der Waals surface area contributed by atoms with E-state index in [0.29, 0.717) is 11.1 Å². The van der Waals surface area contributed by atoms with Gasteiger partial charge in [-0.15, -0.1) is 0 Å². The molecule has 2 aliphatic rings. The minimum absolute atomic E-state index is 0.128. The quantitative estimate of drug-likeness (QED) is 0.833. The molecule has 2 heterocycles. The van der Waals surface area contributed by atoms with Crippen LogP contribution in [0.2, 0.25) is 5.02 Å². The molecule has 0 aliphatic carbocycles. The predicted molar refractivity (Wildman–Crippen MR) is 84.8 cm³/mol. The molecule has 0 N–H and O–H groups in total. The normalized spacial score (nSPS) is 24.5. The van der Waals surface area contributed by atoms with Gasteiger partial charge >= 0.3 is 0 Å². The van der Waals surface area contributed by atoms with E-state index < -0.39 is 0 Å². The average molecular weight is 308 g/mol. The van der Waals surface area contributed by atoms with Gasteiger partial charge in [-0.3, -0.25) is 9.69 Å². The molecule has 0 radical (unpaired) electrons. The predicted octanol–water partition coefficient (Wildman–Crippen LogP) is 1.80. The molecular formula is C16H22ClN3O. The van der Waals surface area contributed by atoms with Crippen molar-refractivity contribution in [2.24, 2.45) is 0 Å². The Balaban J connectivity index is 1.59. The summed E-state index contributed by atoms with van der Waals surface area (Å²) in [5, 5.41) is 0.670. The van der Waals surface area contributed by atoms with E-state index in [0.717, 1.165) is 51.3 Å². The molecule has 0 spiro atoms. The van der Waals surface area contributed by atoms with Crippen LogP contribution in [0.15, 0.2) is 24.3 Å². The highest BCUT2D eigenvalue weighted by Crippen LogP contribution is 2.20. The number of likely N-dealkylation sites (N-methyl/N-ethyl adjacent to an activating group) is 1. The number of carbonyl (C=O) groups excluding carboxylic acids is 1. The lowest BCUT2D eigenvalue weighted by atomic mass is 10.2. The van der Waals surface area contributed by atoms with Crippen molar-refractivity contribution in [1.29, 1.82) is 0 Å². The summed E-state index contributed by atoms with van der Waals surface area (Å²) in [4.78, 5) is 19.4. The highest BCUT2D eigenvalue weighted by Gasteiger charge is 2.31. The van der Waals surface area contributed by atoms with Gasteiger partial charge in [0, 0.05) is 55.9 Å². The van der Waals surface area contributed by atoms with Crippen molar-refractivity contribution in [1.82, 2.24) is 14.7 Å². The van der Waals surface area contributed by atoms with Gasteiger partial charge in [0.15, 0.2) is 0 Å². The zero-order valence-corrected chi connectivity index (χ0v) is 13.2. The summed E-state index contributed by atoms with van der Waals surface area (Å²) in [6.07, 6.45) is 1.09. The number of hydrogen-bond acceptors (Lipinski definition) is 3. The van der Waals surface area contributed by atoms with E-state index >= 15 is 0 Å². The molecule has 2 saturated heterocycles. The Kier molecular flexibility index (Phi) is 4.48. The Morgan fingerprint density at radius 2 is 1.76 bits per heavy atom. The third-order valence-electron chi connectivity index (χ3n) is 4.60. The molecule has 1 atom stereocenters. The molecule has 1 amide bonds. The number of likely N-dealkylation sites (tertiary alicyclic amines) is 1. The number of piperazine rings is 1. The number of rotatable bonds is 2. The monoisotopic (exact) mass is 307 g/mol. The van der Waals surface area contributed by atoms with Crippen molar-refractivity contribution in [3.63, 3.8) is 0 Å². The molecule has 4 nitrogen and oxygen atoms in total. The standard InChI is InChI=1S/C16H22ClN3O/c1-18-8-10-19(11-9-18)15-6-7-20(12-15)16(21)13-2-4-14(17)5-3-13/h2-5,15H,6-12H2,1H3. The van der Waals surface area contributed by atoms with Gasteiger partial charge in [0.2, 0.25) is 0 Å². The topological polar surface area (TPSA) is 26.8 Å². The third kappa shape index (κ3) is 3.39. The number of halogens is 1. The molecule has 21 heavy (non-hydrogen) atoms. The molecule has 1 unspecified atom stereocenters. The number of amides is 1. The second-order valence-corrected chi connectivity index (χ2v) is 6.48. The molecule has 2 fully saturated rings. The summed E-state index contributed by atoms with van der Waals surface area (Å²) in [7, 11) is 2.17. The van der Waals surface area contributed by atoms with E-state index in [1.54, 1.807) is 12.1 Å². The van der Waals surface area contributed by atoms with Gasteiger partial charge in [-0.05, 0) is 37.7 Å². The smallest absolute Gasteiger partial charge is 0.253 e. The second-order valence-electron chi connectivity index (χ2n) is 6.04. The zero-order chi connectivity index (χ0) is 14.8. The maximum atomic E-state index is 12.5. The van der Waals surface area contributed by atoms with Crippen LogP contribution in [-0.4, -0.2) is 73.0 Å². The molecular weight excluding hydrogens is 286 g/mol. The van der Waals surface area contributed by atoms with Crippen molar-refractivity contribution in [2.75, 3.05) is 46.3 Å². The Labute approximate surface area is 131 Å². The molecule has 0 bridgehead atoms. The maximum absolute atomic E-state index is 12.5.